The molecule has 3 rings (SSSR count). The van der Waals surface area contributed by atoms with Gasteiger partial charge in [0.2, 0.25) is 5.91 Å². The summed E-state index contributed by atoms with van der Waals surface area (Å²) in [5.74, 6) is -0.0113. The zero-order valence-electron chi connectivity index (χ0n) is 23.0. The van der Waals surface area contributed by atoms with Gasteiger partial charge in [0.15, 0.2) is 8.32 Å². The maximum Gasteiger partial charge on any atom is 0.343 e. The topological polar surface area (TPSA) is 79.9 Å². The predicted octanol–water partition coefficient (Wildman–Crippen LogP) is 6.54. The minimum atomic E-state index is -1.91. The standard InChI is InChI=1S/C30H39N3O4Si/c1-30(2,3)38(4,5)37-21-20-33(27-14-10-7-11-15-27)28(34)22-24-16-18-26(19-17-24)31-29(35)32-36-23-25-12-8-6-9-13-25/h6-19H,20-23H2,1-5H3,(H2,31,32,35). The third-order valence-corrected chi connectivity index (χ3v) is 11.3. The van der Waals surface area contributed by atoms with Gasteiger partial charge in [0, 0.05) is 17.9 Å². The highest BCUT2D eigenvalue weighted by Gasteiger charge is 2.37. The molecule has 0 saturated carbocycles. The van der Waals surface area contributed by atoms with Gasteiger partial charge in [-0.15, -0.1) is 0 Å². The molecule has 3 aromatic carbocycles. The molecule has 7 nitrogen and oxygen atoms in total. The monoisotopic (exact) mass is 533 g/mol. The van der Waals surface area contributed by atoms with Gasteiger partial charge in [0.1, 0.15) is 0 Å². The second kappa shape index (κ2) is 13.4. The first-order valence-electron chi connectivity index (χ1n) is 12.9. The van der Waals surface area contributed by atoms with Gasteiger partial charge in [-0.1, -0.05) is 81.4 Å². The highest BCUT2D eigenvalue weighted by Crippen LogP contribution is 2.36. The van der Waals surface area contributed by atoms with E-state index in [4.69, 9.17) is 9.26 Å². The number of hydroxylamine groups is 1. The Labute approximate surface area is 227 Å². The number of nitrogens with zero attached hydrogens (tertiary/aromatic N) is 1. The smallest absolute Gasteiger partial charge is 0.343 e. The normalized spacial score (nSPS) is 11.6. The van der Waals surface area contributed by atoms with Crippen molar-refractivity contribution >= 4 is 31.6 Å². The zero-order valence-corrected chi connectivity index (χ0v) is 24.0. The van der Waals surface area contributed by atoms with E-state index in [9.17, 15) is 9.59 Å². The van der Waals surface area contributed by atoms with Crippen LogP contribution in [0, 0.1) is 0 Å². The molecule has 0 aromatic heterocycles. The molecule has 0 heterocycles. The molecule has 0 spiro atoms. The average Bonchev–Trinajstić information content (AvgIpc) is 2.88. The molecule has 3 aromatic rings. The summed E-state index contributed by atoms with van der Waals surface area (Å²) >= 11 is 0. The van der Waals surface area contributed by atoms with Gasteiger partial charge < -0.3 is 14.6 Å². The van der Waals surface area contributed by atoms with E-state index in [1.165, 1.54) is 0 Å². The summed E-state index contributed by atoms with van der Waals surface area (Å²) in [6.07, 6.45) is 0.238. The molecule has 0 aliphatic heterocycles. The minimum absolute atomic E-state index is 0.0113. The fraction of sp³-hybridized carbons (Fsp3) is 0.333. The van der Waals surface area contributed by atoms with Crippen LogP contribution in [-0.2, 0) is 27.1 Å². The Kier molecular flexibility index (Phi) is 10.2. The minimum Gasteiger partial charge on any atom is -0.415 e. The Morgan fingerprint density at radius 1 is 0.842 bits per heavy atom. The van der Waals surface area contributed by atoms with Crippen molar-refractivity contribution in [3.63, 3.8) is 0 Å². The van der Waals surface area contributed by atoms with Crippen molar-refractivity contribution in [3.05, 3.63) is 96.1 Å². The molecular formula is C30H39N3O4Si. The van der Waals surface area contributed by atoms with Crippen molar-refractivity contribution in [2.45, 2.75) is 51.9 Å². The molecule has 0 unspecified atom stereocenters. The van der Waals surface area contributed by atoms with E-state index >= 15 is 0 Å². The van der Waals surface area contributed by atoms with Gasteiger partial charge in [-0.05, 0) is 53.5 Å². The van der Waals surface area contributed by atoms with Crippen LogP contribution in [0.4, 0.5) is 16.2 Å². The van der Waals surface area contributed by atoms with Crippen molar-refractivity contribution in [2.24, 2.45) is 0 Å². The van der Waals surface area contributed by atoms with Crippen molar-refractivity contribution in [3.8, 4) is 0 Å². The maximum absolute atomic E-state index is 13.3. The number of para-hydroxylation sites is 1. The van der Waals surface area contributed by atoms with E-state index in [0.29, 0.717) is 18.8 Å². The van der Waals surface area contributed by atoms with E-state index in [0.717, 1.165) is 16.8 Å². The molecule has 38 heavy (non-hydrogen) atoms. The van der Waals surface area contributed by atoms with Gasteiger partial charge in [-0.2, -0.15) is 0 Å². The lowest BCUT2D eigenvalue weighted by Gasteiger charge is -2.36. The van der Waals surface area contributed by atoms with Crippen LogP contribution >= 0.6 is 0 Å². The molecule has 0 aliphatic carbocycles. The van der Waals surface area contributed by atoms with Crippen LogP contribution in [-0.4, -0.2) is 33.4 Å². The van der Waals surface area contributed by atoms with E-state index in [2.05, 4.69) is 44.7 Å². The quantitative estimate of drug-likeness (QED) is 0.217. The van der Waals surface area contributed by atoms with Gasteiger partial charge in [-0.3, -0.25) is 9.63 Å². The first kappa shape index (κ1) is 29.1. The molecule has 0 aliphatic rings. The predicted molar refractivity (Wildman–Crippen MR) is 155 cm³/mol. The summed E-state index contributed by atoms with van der Waals surface area (Å²) in [5, 5.41) is 2.83. The van der Waals surface area contributed by atoms with E-state index in [1.807, 2.05) is 72.8 Å². The molecule has 0 saturated heterocycles. The van der Waals surface area contributed by atoms with Gasteiger partial charge in [0.05, 0.1) is 19.6 Å². The van der Waals surface area contributed by atoms with E-state index in [-0.39, 0.29) is 24.0 Å². The summed E-state index contributed by atoms with van der Waals surface area (Å²) in [6, 6.07) is 26.0. The molecule has 8 heteroatoms. The second-order valence-electron chi connectivity index (χ2n) is 10.7. The molecule has 0 atom stereocenters. The highest BCUT2D eigenvalue weighted by molar-refractivity contribution is 6.74. The Bertz CT molecular complexity index is 1160. The van der Waals surface area contributed by atoms with Gasteiger partial charge >= 0.3 is 6.03 Å². The number of hydrogen-bond acceptors (Lipinski definition) is 4. The SMILES string of the molecule is CC(C)(C)[Si](C)(C)OCCN(C(=O)Cc1ccc(NC(=O)NOCc2ccccc2)cc1)c1ccccc1. The number of anilines is 2. The Morgan fingerprint density at radius 2 is 1.45 bits per heavy atom. The van der Waals surface area contributed by atoms with Gasteiger partial charge in [-0.25, -0.2) is 10.3 Å². The Morgan fingerprint density at radius 3 is 2.05 bits per heavy atom. The second-order valence-corrected chi connectivity index (χ2v) is 15.5. The average molecular weight is 534 g/mol. The van der Waals surface area contributed by atoms with Crippen molar-refractivity contribution < 1.29 is 18.9 Å². The number of carbonyl (C=O) groups excluding carboxylic acids is 2. The first-order chi connectivity index (χ1) is 18.0. The highest BCUT2D eigenvalue weighted by atomic mass is 28.4. The lowest BCUT2D eigenvalue weighted by Crippen LogP contribution is -2.44. The third-order valence-electron chi connectivity index (χ3n) is 6.77. The van der Waals surface area contributed by atoms with Crippen LogP contribution < -0.4 is 15.7 Å². The molecular weight excluding hydrogens is 494 g/mol. The molecule has 0 fully saturated rings. The Hall–Kier alpha value is -3.46. The van der Waals surface area contributed by atoms with Crippen LogP contribution in [0.25, 0.3) is 0 Å². The molecule has 0 bridgehead atoms. The number of urea groups is 1. The number of carbonyl (C=O) groups is 2. The van der Waals surface area contributed by atoms with Crippen LogP contribution in [0.5, 0.6) is 0 Å². The van der Waals surface area contributed by atoms with Crippen molar-refractivity contribution in [1.29, 1.82) is 0 Å². The molecule has 3 amide bonds. The molecule has 202 valence electrons. The number of amides is 3. The Balaban J connectivity index is 1.54. The van der Waals surface area contributed by atoms with Gasteiger partial charge in [0.25, 0.3) is 0 Å². The van der Waals surface area contributed by atoms with Crippen LogP contribution in [0.2, 0.25) is 18.1 Å². The maximum atomic E-state index is 13.3. The fourth-order valence-corrected chi connectivity index (χ4v) is 4.54. The van der Waals surface area contributed by atoms with E-state index in [1.54, 1.807) is 17.0 Å². The fourth-order valence-electron chi connectivity index (χ4n) is 3.51. The first-order valence-corrected chi connectivity index (χ1v) is 15.8. The third kappa shape index (κ3) is 8.83. The molecule has 0 radical (unpaired) electrons. The van der Waals surface area contributed by atoms with Crippen LogP contribution in [0.1, 0.15) is 31.9 Å². The van der Waals surface area contributed by atoms with Crippen LogP contribution in [0.3, 0.4) is 0 Å². The summed E-state index contributed by atoms with van der Waals surface area (Å²) in [4.78, 5) is 32.5. The van der Waals surface area contributed by atoms with Crippen molar-refractivity contribution in [1.82, 2.24) is 5.48 Å². The summed E-state index contributed by atoms with van der Waals surface area (Å²) in [7, 11) is -1.91. The molecule has 2 N–H and O–H groups in total. The number of rotatable bonds is 11. The summed E-state index contributed by atoms with van der Waals surface area (Å²) < 4.78 is 6.34. The summed E-state index contributed by atoms with van der Waals surface area (Å²) in [6.45, 7) is 12.3. The lowest BCUT2D eigenvalue weighted by molar-refractivity contribution is -0.118. The number of benzene rings is 3. The number of hydrogen-bond donors (Lipinski definition) is 2. The van der Waals surface area contributed by atoms with Crippen LogP contribution in [0.15, 0.2) is 84.9 Å². The largest absolute Gasteiger partial charge is 0.415 e. The lowest BCUT2D eigenvalue weighted by atomic mass is 10.1. The number of nitrogens with one attached hydrogen (secondary N) is 2. The zero-order chi connectivity index (χ0) is 27.6. The van der Waals surface area contributed by atoms with Crippen molar-refractivity contribution in [2.75, 3.05) is 23.4 Å². The summed E-state index contributed by atoms with van der Waals surface area (Å²) in [5.41, 5.74) is 5.64. The van der Waals surface area contributed by atoms with E-state index < -0.39 is 14.3 Å².